The van der Waals surface area contributed by atoms with Gasteiger partial charge in [0.1, 0.15) is 0 Å². The van der Waals surface area contributed by atoms with Crippen LogP contribution in [0.4, 0.5) is 0 Å². The highest BCUT2D eigenvalue weighted by Gasteiger charge is 2.26. The van der Waals surface area contributed by atoms with E-state index in [1.807, 2.05) is 0 Å². The maximum Gasteiger partial charge on any atom is 0.0580 e. The summed E-state index contributed by atoms with van der Waals surface area (Å²) in [6.07, 6.45) is 4.28. The summed E-state index contributed by atoms with van der Waals surface area (Å²) in [7, 11) is 0. The minimum absolute atomic E-state index is 0.129. The van der Waals surface area contributed by atoms with E-state index < -0.39 is 0 Å². The zero-order valence-corrected chi connectivity index (χ0v) is 10.8. The molecule has 0 aromatic heterocycles. The fraction of sp³-hybridized carbons (Fsp3) is 1.00. The number of rotatable bonds is 4. The molecule has 1 aliphatic carbocycles. The first-order chi connectivity index (χ1) is 6.93. The van der Waals surface area contributed by atoms with Gasteiger partial charge < -0.3 is 10.5 Å². The molecule has 90 valence electrons. The highest BCUT2D eigenvalue weighted by atomic mass is 16.5. The van der Waals surface area contributed by atoms with E-state index in [0.29, 0.717) is 12.6 Å². The van der Waals surface area contributed by atoms with Crippen molar-refractivity contribution in [2.24, 2.45) is 23.0 Å². The third-order valence-corrected chi connectivity index (χ3v) is 3.40. The Labute approximate surface area is 94.6 Å². The van der Waals surface area contributed by atoms with E-state index in [1.54, 1.807) is 0 Å². The summed E-state index contributed by atoms with van der Waals surface area (Å²) in [4.78, 5) is 0. The van der Waals surface area contributed by atoms with E-state index in [9.17, 15) is 0 Å². The maximum absolute atomic E-state index is 6.00. The van der Waals surface area contributed by atoms with Crippen LogP contribution in [0.1, 0.15) is 47.0 Å². The minimum atomic E-state index is 0.129. The highest BCUT2D eigenvalue weighted by molar-refractivity contribution is 4.77. The SMILES string of the molecule is CC1CC(C)CC(OCC(C)(C)CN)C1. The Balaban J connectivity index is 2.32. The fourth-order valence-corrected chi connectivity index (χ4v) is 2.41. The largest absolute Gasteiger partial charge is 0.378 e. The third kappa shape index (κ3) is 4.52. The Morgan fingerprint density at radius 3 is 2.13 bits per heavy atom. The van der Waals surface area contributed by atoms with Crippen molar-refractivity contribution in [3.8, 4) is 0 Å². The summed E-state index contributed by atoms with van der Waals surface area (Å²) in [6, 6.07) is 0. The van der Waals surface area contributed by atoms with E-state index in [1.165, 1.54) is 19.3 Å². The van der Waals surface area contributed by atoms with Gasteiger partial charge in [0.15, 0.2) is 0 Å². The molecule has 0 amide bonds. The molecule has 0 radical (unpaired) electrons. The van der Waals surface area contributed by atoms with Crippen LogP contribution < -0.4 is 5.73 Å². The topological polar surface area (TPSA) is 35.2 Å². The van der Waals surface area contributed by atoms with Gasteiger partial charge in [0.2, 0.25) is 0 Å². The monoisotopic (exact) mass is 213 g/mol. The van der Waals surface area contributed by atoms with Crippen molar-refractivity contribution in [2.45, 2.75) is 53.1 Å². The predicted molar refractivity (Wildman–Crippen MR) is 64.8 cm³/mol. The van der Waals surface area contributed by atoms with Crippen molar-refractivity contribution >= 4 is 0 Å². The van der Waals surface area contributed by atoms with Crippen LogP contribution in [0, 0.1) is 17.3 Å². The minimum Gasteiger partial charge on any atom is -0.378 e. The van der Waals surface area contributed by atoms with Crippen molar-refractivity contribution in [1.29, 1.82) is 0 Å². The van der Waals surface area contributed by atoms with Crippen LogP contribution in [0.15, 0.2) is 0 Å². The number of hydrogen-bond donors (Lipinski definition) is 1. The Morgan fingerprint density at radius 2 is 1.67 bits per heavy atom. The summed E-state index contributed by atoms with van der Waals surface area (Å²) in [5.74, 6) is 1.64. The molecule has 1 rings (SSSR count). The van der Waals surface area contributed by atoms with Crippen LogP contribution >= 0.6 is 0 Å². The quantitative estimate of drug-likeness (QED) is 0.779. The number of hydrogen-bond acceptors (Lipinski definition) is 2. The molecule has 0 saturated heterocycles. The lowest BCUT2D eigenvalue weighted by Crippen LogP contribution is -2.34. The molecule has 2 nitrogen and oxygen atoms in total. The number of nitrogens with two attached hydrogens (primary N) is 1. The molecule has 0 aromatic carbocycles. The molecule has 0 aromatic rings. The summed E-state index contributed by atoms with van der Waals surface area (Å²) in [5.41, 5.74) is 5.83. The van der Waals surface area contributed by atoms with E-state index in [-0.39, 0.29) is 5.41 Å². The summed E-state index contributed by atoms with van der Waals surface area (Å²) in [6.45, 7) is 10.5. The molecule has 2 heteroatoms. The Kier molecular flexibility index (Phi) is 4.60. The predicted octanol–water partition coefficient (Wildman–Crippen LogP) is 2.81. The van der Waals surface area contributed by atoms with Crippen LogP contribution in [0.25, 0.3) is 0 Å². The first-order valence-corrected chi connectivity index (χ1v) is 6.24. The van der Waals surface area contributed by atoms with E-state index >= 15 is 0 Å². The van der Waals surface area contributed by atoms with Gasteiger partial charge in [-0.25, -0.2) is 0 Å². The van der Waals surface area contributed by atoms with Gasteiger partial charge in [-0.05, 0) is 37.6 Å². The molecule has 2 unspecified atom stereocenters. The van der Waals surface area contributed by atoms with Crippen LogP contribution in [0.2, 0.25) is 0 Å². The molecule has 2 N–H and O–H groups in total. The van der Waals surface area contributed by atoms with Crippen molar-refractivity contribution in [3.05, 3.63) is 0 Å². The molecule has 2 atom stereocenters. The first-order valence-electron chi connectivity index (χ1n) is 6.24. The molecule has 0 aliphatic heterocycles. The summed E-state index contributed by atoms with van der Waals surface area (Å²) in [5, 5.41) is 0. The lowest BCUT2D eigenvalue weighted by molar-refractivity contribution is -0.0321. The second kappa shape index (κ2) is 5.31. The second-order valence-corrected chi connectivity index (χ2v) is 6.22. The van der Waals surface area contributed by atoms with Gasteiger partial charge in [-0.15, -0.1) is 0 Å². The average molecular weight is 213 g/mol. The molecular weight excluding hydrogens is 186 g/mol. The van der Waals surface area contributed by atoms with Crippen LogP contribution in [-0.4, -0.2) is 19.3 Å². The summed E-state index contributed by atoms with van der Waals surface area (Å²) >= 11 is 0. The van der Waals surface area contributed by atoms with Crippen molar-refractivity contribution in [3.63, 3.8) is 0 Å². The van der Waals surface area contributed by atoms with Gasteiger partial charge in [-0.2, -0.15) is 0 Å². The van der Waals surface area contributed by atoms with Crippen molar-refractivity contribution in [2.75, 3.05) is 13.2 Å². The second-order valence-electron chi connectivity index (χ2n) is 6.22. The molecule has 0 spiro atoms. The van der Waals surface area contributed by atoms with Crippen LogP contribution in [-0.2, 0) is 4.74 Å². The Bertz CT molecular complexity index is 181. The average Bonchev–Trinajstić information content (AvgIpc) is 2.14. The smallest absolute Gasteiger partial charge is 0.0580 e. The maximum atomic E-state index is 6.00. The lowest BCUT2D eigenvalue weighted by atomic mass is 9.81. The van der Waals surface area contributed by atoms with E-state index in [0.717, 1.165) is 18.4 Å². The van der Waals surface area contributed by atoms with Gasteiger partial charge in [-0.1, -0.05) is 27.7 Å². The molecular formula is C13H27NO. The van der Waals surface area contributed by atoms with Gasteiger partial charge in [0.25, 0.3) is 0 Å². The van der Waals surface area contributed by atoms with Gasteiger partial charge in [0.05, 0.1) is 12.7 Å². The fourth-order valence-electron chi connectivity index (χ4n) is 2.41. The molecule has 1 saturated carbocycles. The van der Waals surface area contributed by atoms with E-state index in [2.05, 4.69) is 27.7 Å². The Hall–Kier alpha value is -0.0800. The molecule has 0 heterocycles. The van der Waals surface area contributed by atoms with Gasteiger partial charge >= 0.3 is 0 Å². The standard InChI is InChI=1S/C13H27NO/c1-10-5-11(2)7-12(6-10)15-9-13(3,4)8-14/h10-12H,5-9,14H2,1-4H3. The zero-order chi connectivity index (χ0) is 11.5. The van der Waals surface area contributed by atoms with Crippen LogP contribution in [0.5, 0.6) is 0 Å². The van der Waals surface area contributed by atoms with Crippen LogP contribution in [0.3, 0.4) is 0 Å². The first kappa shape index (κ1) is 13.0. The molecule has 15 heavy (non-hydrogen) atoms. The Morgan fingerprint density at radius 1 is 1.13 bits per heavy atom. The lowest BCUT2D eigenvalue weighted by Gasteiger charge is -2.33. The highest BCUT2D eigenvalue weighted by Crippen LogP contribution is 2.31. The number of ether oxygens (including phenoxy) is 1. The van der Waals surface area contributed by atoms with Gasteiger partial charge in [0, 0.05) is 5.41 Å². The van der Waals surface area contributed by atoms with Crippen molar-refractivity contribution in [1.82, 2.24) is 0 Å². The van der Waals surface area contributed by atoms with Crippen molar-refractivity contribution < 1.29 is 4.74 Å². The summed E-state index contributed by atoms with van der Waals surface area (Å²) < 4.78 is 6.00. The zero-order valence-electron chi connectivity index (χ0n) is 10.8. The van der Waals surface area contributed by atoms with E-state index in [4.69, 9.17) is 10.5 Å². The molecule has 0 bridgehead atoms. The molecule has 1 fully saturated rings. The normalized spacial score (nSPS) is 33.0. The molecule has 1 aliphatic rings. The third-order valence-electron chi connectivity index (χ3n) is 3.40. The van der Waals surface area contributed by atoms with Gasteiger partial charge in [-0.3, -0.25) is 0 Å².